The lowest BCUT2D eigenvalue weighted by molar-refractivity contribution is 0.0757. The summed E-state index contributed by atoms with van der Waals surface area (Å²) in [7, 11) is 1.71. The molecule has 3 rings (SSSR count). The van der Waals surface area contributed by atoms with Gasteiger partial charge in [0.15, 0.2) is 0 Å². The number of hydrogen-bond donors (Lipinski definition) is 1. The topological polar surface area (TPSA) is 83.9 Å². The van der Waals surface area contributed by atoms with Crippen LogP contribution in [0.15, 0.2) is 11.0 Å². The summed E-state index contributed by atoms with van der Waals surface area (Å²) in [6.45, 7) is 2.77. The number of hydrogen-bond acceptors (Lipinski definition) is 4. The molecule has 0 radical (unpaired) electrons. The Morgan fingerprint density at radius 3 is 2.77 bits per heavy atom. The highest BCUT2D eigenvalue weighted by Crippen LogP contribution is 2.17. The van der Waals surface area contributed by atoms with Crippen LogP contribution >= 0.6 is 11.6 Å². The highest BCUT2D eigenvalue weighted by Gasteiger charge is 2.25. The molecule has 22 heavy (non-hydrogen) atoms. The SMILES string of the molecule is Cc1nc2c(c(=O)n1C)CCN(C(=O)c1[nH]ncc1Cl)CC2. The minimum absolute atomic E-state index is 0.0311. The summed E-state index contributed by atoms with van der Waals surface area (Å²) < 4.78 is 1.54. The van der Waals surface area contributed by atoms with Gasteiger partial charge in [0.05, 0.1) is 16.9 Å². The number of amides is 1. The van der Waals surface area contributed by atoms with Crippen LogP contribution in [0, 0.1) is 6.92 Å². The number of rotatable bonds is 1. The lowest BCUT2D eigenvalue weighted by atomic mass is 10.1. The highest BCUT2D eigenvalue weighted by atomic mass is 35.5. The third kappa shape index (κ3) is 2.41. The monoisotopic (exact) mass is 321 g/mol. The molecule has 0 atom stereocenters. The highest BCUT2D eigenvalue weighted by molar-refractivity contribution is 6.33. The van der Waals surface area contributed by atoms with Crippen molar-refractivity contribution >= 4 is 17.5 Å². The van der Waals surface area contributed by atoms with Crippen molar-refractivity contribution in [3.8, 4) is 0 Å². The minimum atomic E-state index is -0.205. The van der Waals surface area contributed by atoms with Gasteiger partial charge in [-0.05, 0) is 13.3 Å². The second-order valence-corrected chi connectivity index (χ2v) is 5.74. The lowest BCUT2D eigenvalue weighted by Gasteiger charge is -2.19. The molecule has 0 unspecified atom stereocenters. The van der Waals surface area contributed by atoms with Gasteiger partial charge in [0, 0.05) is 32.1 Å². The lowest BCUT2D eigenvalue weighted by Crippen LogP contribution is -2.34. The number of nitrogens with zero attached hydrogens (tertiary/aromatic N) is 4. The summed E-state index contributed by atoms with van der Waals surface area (Å²) in [5.74, 6) is 0.476. The van der Waals surface area contributed by atoms with Gasteiger partial charge < -0.3 is 4.90 Å². The molecule has 7 nitrogen and oxygen atoms in total. The molecule has 0 saturated carbocycles. The molecule has 2 aromatic heterocycles. The number of nitrogens with one attached hydrogen (secondary N) is 1. The van der Waals surface area contributed by atoms with Crippen LogP contribution in [0.4, 0.5) is 0 Å². The summed E-state index contributed by atoms with van der Waals surface area (Å²) in [5, 5.41) is 6.69. The van der Waals surface area contributed by atoms with Crippen molar-refractivity contribution < 1.29 is 4.79 Å². The van der Waals surface area contributed by atoms with E-state index in [2.05, 4.69) is 15.2 Å². The molecule has 0 saturated heterocycles. The maximum atomic E-state index is 12.5. The average molecular weight is 322 g/mol. The Morgan fingerprint density at radius 2 is 2.09 bits per heavy atom. The third-order valence-corrected chi connectivity index (χ3v) is 4.32. The Balaban J connectivity index is 1.88. The Morgan fingerprint density at radius 1 is 1.36 bits per heavy atom. The second kappa shape index (κ2) is 5.57. The fourth-order valence-electron chi connectivity index (χ4n) is 2.65. The summed E-state index contributed by atoms with van der Waals surface area (Å²) in [5.41, 5.74) is 1.73. The van der Waals surface area contributed by atoms with Crippen molar-refractivity contribution in [2.75, 3.05) is 13.1 Å². The van der Waals surface area contributed by atoms with E-state index in [0.717, 1.165) is 5.69 Å². The minimum Gasteiger partial charge on any atom is -0.337 e. The number of fused-ring (bicyclic) bond motifs is 1. The van der Waals surface area contributed by atoms with E-state index in [1.165, 1.54) is 6.20 Å². The Bertz CT molecular complexity index is 795. The van der Waals surface area contributed by atoms with E-state index in [0.29, 0.717) is 42.3 Å². The van der Waals surface area contributed by atoms with Crippen LogP contribution in [0.5, 0.6) is 0 Å². The second-order valence-electron chi connectivity index (χ2n) is 5.33. The van der Waals surface area contributed by atoms with Crippen LogP contribution in [0.25, 0.3) is 0 Å². The number of carbonyl (C=O) groups excluding carboxylic acids is 1. The molecule has 0 aromatic carbocycles. The fourth-order valence-corrected chi connectivity index (χ4v) is 2.82. The zero-order valence-electron chi connectivity index (χ0n) is 12.4. The normalized spacial score (nSPS) is 14.6. The molecular weight excluding hydrogens is 306 g/mol. The molecule has 1 amide bonds. The fraction of sp³-hybridized carbons (Fsp3) is 0.429. The molecule has 0 spiro atoms. The summed E-state index contributed by atoms with van der Waals surface area (Å²) in [6, 6.07) is 0. The number of aromatic amines is 1. The Labute approximate surface area is 131 Å². The molecule has 1 aliphatic rings. The van der Waals surface area contributed by atoms with Gasteiger partial charge >= 0.3 is 0 Å². The van der Waals surface area contributed by atoms with Crippen LogP contribution in [0.2, 0.25) is 5.02 Å². The maximum Gasteiger partial charge on any atom is 0.273 e. The van der Waals surface area contributed by atoms with Crippen molar-refractivity contribution in [2.45, 2.75) is 19.8 Å². The van der Waals surface area contributed by atoms with Gasteiger partial charge in [0.25, 0.3) is 11.5 Å². The smallest absolute Gasteiger partial charge is 0.273 e. The van der Waals surface area contributed by atoms with Crippen molar-refractivity contribution in [3.63, 3.8) is 0 Å². The van der Waals surface area contributed by atoms with Crippen LogP contribution in [-0.2, 0) is 19.9 Å². The first-order valence-electron chi connectivity index (χ1n) is 7.02. The van der Waals surface area contributed by atoms with Crippen molar-refractivity contribution in [1.29, 1.82) is 0 Å². The van der Waals surface area contributed by atoms with Crippen LogP contribution in [0.3, 0.4) is 0 Å². The van der Waals surface area contributed by atoms with E-state index >= 15 is 0 Å². The molecule has 1 N–H and O–H groups in total. The van der Waals surface area contributed by atoms with E-state index in [9.17, 15) is 9.59 Å². The summed E-state index contributed by atoms with van der Waals surface area (Å²) in [4.78, 5) is 31.0. The molecule has 116 valence electrons. The third-order valence-electron chi connectivity index (χ3n) is 4.04. The first kappa shape index (κ1) is 14.8. The zero-order valence-corrected chi connectivity index (χ0v) is 13.1. The molecule has 1 aliphatic heterocycles. The first-order valence-corrected chi connectivity index (χ1v) is 7.40. The predicted octanol–water partition coefficient (Wildman–Crippen LogP) is 0.706. The van der Waals surface area contributed by atoms with Crippen LogP contribution in [0.1, 0.15) is 27.6 Å². The van der Waals surface area contributed by atoms with Gasteiger partial charge in [-0.1, -0.05) is 11.6 Å². The van der Waals surface area contributed by atoms with Crippen molar-refractivity contribution in [2.24, 2.45) is 7.05 Å². The number of halogens is 1. The van der Waals surface area contributed by atoms with Gasteiger partial charge in [-0.25, -0.2) is 4.98 Å². The van der Waals surface area contributed by atoms with Gasteiger partial charge in [-0.15, -0.1) is 0 Å². The van der Waals surface area contributed by atoms with E-state index in [4.69, 9.17) is 11.6 Å². The number of H-pyrrole nitrogens is 1. The molecule has 0 fully saturated rings. The van der Waals surface area contributed by atoms with Gasteiger partial charge in [-0.3, -0.25) is 19.3 Å². The van der Waals surface area contributed by atoms with Gasteiger partial charge in [-0.2, -0.15) is 5.10 Å². The number of carbonyl (C=O) groups is 1. The quantitative estimate of drug-likeness (QED) is 0.838. The molecular formula is C14H16ClN5O2. The van der Waals surface area contributed by atoms with Crippen LogP contribution < -0.4 is 5.56 Å². The maximum absolute atomic E-state index is 12.5. The summed E-state index contributed by atoms with van der Waals surface area (Å²) in [6.07, 6.45) is 2.46. The van der Waals surface area contributed by atoms with Gasteiger partial charge in [0.1, 0.15) is 11.5 Å². The van der Waals surface area contributed by atoms with Gasteiger partial charge in [0.2, 0.25) is 0 Å². The van der Waals surface area contributed by atoms with Crippen molar-refractivity contribution in [1.82, 2.24) is 24.6 Å². The predicted molar refractivity (Wildman–Crippen MR) is 81.1 cm³/mol. The zero-order chi connectivity index (χ0) is 15.9. The van der Waals surface area contributed by atoms with Crippen LogP contribution in [-0.4, -0.2) is 43.6 Å². The average Bonchev–Trinajstić information content (AvgIpc) is 2.80. The number of aromatic nitrogens is 4. The first-order chi connectivity index (χ1) is 10.5. The Kier molecular flexibility index (Phi) is 3.74. The van der Waals surface area contributed by atoms with E-state index in [1.807, 2.05) is 0 Å². The molecule has 8 heteroatoms. The van der Waals surface area contributed by atoms with E-state index < -0.39 is 0 Å². The molecule has 0 bridgehead atoms. The summed E-state index contributed by atoms with van der Waals surface area (Å²) >= 11 is 5.94. The molecule has 3 heterocycles. The Hall–Kier alpha value is -2.15. The molecule has 2 aromatic rings. The van der Waals surface area contributed by atoms with Crippen molar-refractivity contribution in [3.05, 3.63) is 44.3 Å². The molecule has 0 aliphatic carbocycles. The number of aryl methyl sites for hydroxylation is 1. The largest absolute Gasteiger partial charge is 0.337 e. The van der Waals surface area contributed by atoms with E-state index in [-0.39, 0.29) is 17.2 Å². The van der Waals surface area contributed by atoms with E-state index in [1.54, 1.807) is 23.4 Å². The standard InChI is InChI=1S/C14H16ClN5O2/c1-8-17-11-4-6-20(5-3-9(11)13(21)19(8)2)14(22)12-10(15)7-16-18-12/h7H,3-6H2,1-2H3,(H,16,18).